The van der Waals surface area contributed by atoms with Crippen molar-refractivity contribution in [1.82, 2.24) is 10.3 Å². The van der Waals surface area contributed by atoms with E-state index in [9.17, 15) is 0 Å². The summed E-state index contributed by atoms with van der Waals surface area (Å²) in [5, 5.41) is 3.44. The van der Waals surface area contributed by atoms with Gasteiger partial charge in [0.2, 0.25) is 0 Å². The lowest BCUT2D eigenvalue weighted by molar-refractivity contribution is 0.455. The fourth-order valence-corrected chi connectivity index (χ4v) is 3.17. The normalized spacial score (nSPS) is 21.8. The largest absolute Gasteiger partial charge is 0.317 e. The quantitative estimate of drug-likeness (QED) is 0.780. The SMILES string of the molecule is c1ncc(C2CCNCC2)c2c1CCCC2. The summed E-state index contributed by atoms with van der Waals surface area (Å²) < 4.78 is 0. The van der Waals surface area contributed by atoms with E-state index >= 15 is 0 Å². The molecule has 2 heterocycles. The minimum Gasteiger partial charge on any atom is -0.317 e. The lowest BCUT2D eigenvalue weighted by Gasteiger charge is -2.27. The third kappa shape index (κ3) is 1.86. The van der Waals surface area contributed by atoms with Gasteiger partial charge >= 0.3 is 0 Å². The van der Waals surface area contributed by atoms with Gasteiger partial charge in [0, 0.05) is 12.4 Å². The van der Waals surface area contributed by atoms with Gasteiger partial charge in [-0.15, -0.1) is 0 Å². The molecule has 0 amide bonds. The molecule has 0 atom stereocenters. The molecule has 0 bridgehead atoms. The Labute approximate surface area is 97.5 Å². The van der Waals surface area contributed by atoms with Crippen LogP contribution in [0.5, 0.6) is 0 Å². The molecule has 1 N–H and O–H groups in total. The highest BCUT2D eigenvalue weighted by Crippen LogP contribution is 2.32. The number of nitrogens with zero attached hydrogens (tertiary/aromatic N) is 1. The second kappa shape index (κ2) is 4.54. The molecule has 0 unspecified atom stereocenters. The summed E-state index contributed by atoms with van der Waals surface area (Å²) in [6.07, 6.45) is 12.1. The van der Waals surface area contributed by atoms with E-state index in [4.69, 9.17) is 0 Å². The van der Waals surface area contributed by atoms with Crippen LogP contribution in [0.25, 0.3) is 0 Å². The number of hydrogen-bond acceptors (Lipinski definition) is 2. The van der Waals surface area contributed by atoms with E-state index in [1.54, 1.807) is 11.1 Å². The Hall–Kier alpha value is -0.890. The Morgan fingerprint density at radius 1 is 1.06 bits per heavy atom. The molecule has 3 rings (SSSR count). The first-order chi connectivity index (χ1) is 7.95. The van der Waals surface area contributed by atoms with E-state index in [1.807, 2.05) is 0 Å². The van der Waals surface area contributed by atoms with Gasteiger partial charge in [0.05, 0.1) is 0 Å². The summed E-state index contributed by atoms with van der Waals surface area (Å²) in [4.78, 5) is 4.45. The van der Waals surface area contributed by atoms with E-state index in [0.717, 1.165) is 5.92 Å². The maximum Gasteiger partial charge on any atom is 0.0305 e. The predicted molar refractivity (Wildman–Crippen MR) is 65.7 cm³/mol. The first-order valence-electron chi connectivity index (χ1n) is 6.61. The van der Waals surface area contributed by atoms with Crippen molar-refractivity contribution < 1.29 is 0 Å². The molecular weight excluding hydrogens is 196 g/mol. The Balaban J connectivity index is 1.93. The highest BCUT2D eigenvalue weighted by atomic mass is 14.9. The summed E-state index contributed by atoms with van der Waals surface area (Å²) in [7, 11) is 0. The average molecular weight is 216 g/mol. The second-order valence-electron chi connectivity index (χ2n) is 5.10. The van der Waals surface area contributed by atoms with Crippen molar-refractivity contribution in [2.24, 2.45) is 0 Å². The van der Waals surface area contributed by atoms with E-state index < -0.39 is 0 Å². The van der Waals surface area contributed by atoms with Gasteiger partial charge in [0.15, 0.2) is 0 Å². The minimum absolute atomic E-state index is 0.766. The fraction of sp³-hybridized carbons (Fsp3) is 0.643. The van der Waals surface area contributed by atoms with Crippen LogP contribution in [0.3, 0.4) is 0 Å². The average Bonchev–Trinajstić information content (AvgIpc) is 2.39. The molecule has 1 aromatic heterocycles. The zero-order chi connectivity index (χ0) is 10.8. The topological polar surface area (TPSA) is 24.9 Å². The molecule has 86 valence electrons. The van der Waals surface area contributed by atoms with Crippen molar-refractivity contribution in [3.63, 3.8) is 0 Å². The lowest BCUT2D eigenvalue weighted by Crippen LogP contribution is -2.27. The van der Waals surface area contributed by atoms with Gasteiger partial charge in [0.1, 0.15) is 0 Å². The molecule has 16 heavy (non-hydrogen) atoms. The van der Waals surface area contributed by atoms with E-state index in [0.29, 0.717) is 0 Å². The van der Waals surface area contributed by atoms with Crippen molar-refractivity contribution in [2.75, 3.05) is 13.1 Å². The van der Waals surface area contributed by atoms with Gasteiger partial charge in [-0.25, -0.2) is 0 Å². The van der Waals surface area contributed by atoms with Crippen molar-refractivity contribution in [1.29, 1.82) is 0 Å². The second-order valence-corrected chi connectivity index (χ2v) is 5.10. The van der Waals surface area contributed by atoms with E-state index in [1.165, 1.54) is 57.2 Å². The van der Waals surface area contributed by atoms with E-state index in [2.05, 4.69) is 22.7 Å². The third-order valence-corrected chi connectivity index (χ3v) is 4.08. The van der Waals surface area contributed by atoms with Gasteiger partial charge in [-0.3, -0.25) is 4.98 Å². The Morgan fingerprint density at radius 3 is 2.75 bits per heavy atom. The molecule has 1 fully saturated rings. The molecule has 0 spiro atoms. The van der Waals surface area contributed by atoms with Gasteiger partial charge in [-0.05, 0) is 74.2 Å². The van der Waals surface area contributed by atoms with Crippen molar-refractivity contribution >= 4 is 0 Å². The van der Waals surface area contributed by atoms with Crippen LogP contribution in [0.2, 0.25) is 0 Å². The molecule has 1 saturated heterocycles. The number of hydrogen-bond donors (Lipinski definition) is 1. The Kier molecular flexibility index (Phi) is 2.92. The Bertz CT molecular complexity index is 367. The molecule has 2 heteroatoms. The highest BCUT2D eigenvalue weighted by molar-refractivity contribution is 5.36. The molecule has 2 nitrogen and oxygen atoms in total. The number of rotatable bonds is 1. The van der Waals surface area contributed by atoms with Crippen LogP contribution in [-0.2, 0) is 12.8 Å². The van der Waals surface area contributed by atoms with Crippen molar-refractivity contribution in [3.8, 4) is 0 Å². The minimum atomic E-state index is 0.766. The summed E-state index contributed by atoms with van der Waals surface area (Å²) in [5.41, 5.74) is 4.74. The number of aromatic nitrogens is 1. The monoisotopic (exact) mass is 216 g/mol. The van der Waals surface area contributed by atoms with Crippen LogP contribution in [0.4, 0.5) is 0 Å². The van der Waals surface area contributed by atoms with Gasteiger partial charge in [0.25, 0.3) is 0 Å². The van der Waals surface area contributed by atoms with Crippen molar-refractivity contribution in [3.05, 3.63) is 29.1 Å². The first-order valence-corrected chi connectivity index (χ1v) is 6.61. The van der Waals surface area contributed by atoms with E-state index in [-0.39, 0.29) is 0 Å². The summed E-state index contributed by atoms with van der Waals surface area (Å²) >= 11 is 0. The molecule has 1 aliphatic heterocycles. The lowest BCUT2D eigenvalue weighted by atomic mass is 9.82. The molecule has 1 aliphatic carbocycles. The summed E-state index contributed by atoms with van der Waals surface area (Å²) in [5.74, 6) is 0.766. The zero-order valence-corrected chi connectivity index (χ0v) is 9.84. The maximum atomic E-state index is 4.45. The van der Waals surface area contributed by atoms with Crippen LogP contribution >= 0.6 is 0 Å². The van der Waals surface area contributed by atoms with Gasteiger partial charge in [-0.2, -0.15) is 0 Å². The van der Waals surface area contributed by atoms with Gasteiger partial charge in [-0.1, -0.05) is 0 Å². The molecule has 1 aromatic rings. The van der Waals surface area contributed by atoms with Crippen LogP contribution < -0.4 is 5.32 Å². The Morgan fingerprint density at radius 2 is 1.88 bits per heavy atom. The molecular formula is C14H20N2. The molecule has 2 aliphatic rings. The number of aryl methyl sites for hydroxylation is 1. The molecule has 0 saturated carbocycles. The third-order valence-electron chi connectivity index (χ3n) is 4.08. The smallest absolute Gasteiger partial charge is 0.0305 e. The van der Waals surface area contributed by atoms with Crippen LogP contribution in [0, 0.1) is 0 Å². The van der Waals surface area contributed by atoms with Crippen LogP contribution in [0.1, 0.15) is 48.3 Å². The summed E-state index contributed by atoms with van der Waals surface area (Å²) in [6.45, 7) is 2.35. The van der Waals surface area contributed by atoms with Crippen LogP contribution in [-0.4, -0.2) is 18.1 Å². The number of fused-ring (bicyclic) bond motifs is 1. The zero-order valence-electron chi connectivity index (χ0n) is 9.84. The van der Waals surface area contributed by atoms with Crippen molar-refractivity contribution in [2.45, 2.75) is 44.4 Å². The standard InChI is InChI=1S/C14H20N2/c1-2-4-13-12(3-1)9-16-10-14(13)11-5-7-15-8-6-11/h9-11,15H,1-8H2. The predicted octanol–water partition coefficient (Wildman–Crippen LogP) is 2.43. The maximum absolute atomic E-state index is 4.45. The molecule has 0 aromatic carbocycles. The van der Waals surface area contributed by atoms with Gasteiger partial charge < -0.3 is 5.32 Å². The number of piperidine rings is 1. The first kappa shape index (κ1) is 10.3. The van der Waals surface area contributed by atoms with Crippen LogP contribution in [0.15, 0.2) is 12.4 Å². The highest BCUT2D eigenvalue weighted by Gasteiger charge is 2.21. The number of nitrogens with one attached hydrogen (secondary N) is 1. The molecule has 0 radical (unpaired) electrons. The number of pyridine rings is 1. The summed E-state index contributed by atoms with van der Waals surface area (Å²) in [6, 6.07) is 0. The fourth-order valence-electron chi connectivity index (χ4n) is 3.17.